The molecule has 1 aromatic heterocycles. The molecule has 0 fully saturated rings. The van der Waals surface area contributed by atoms with Crippen molar-refractivity contribution in [3.05, 3.63) is 64.6 Å². The molecule has 3 nitrogen and oxygen atoms in total. The second-order valence-corrected chi connectivity index (χ2v) is 6.84. The third-order valence-electron chi connectivity index (χ3n) is 5.14. The largest absolute Gasteiger partial charge is 0.495 e. The number of methoxy groups -OCH3 is 1. The van der Waals surface area contributed by atoms with Gasteiger partial charge in [0, 0.05) is 17.7 Å². The van der Waals surface area contributed by atoms with E-state index in [0.717, 1.165) is 35.9 Å². The van der Waals surface area contributed by atoms with Gasteiger partial charge in [-0.1, -0.05) is 30.7 Å². The highest BCUT2D eigenvalue weighted by Gasteiger charge is 2.33. The van der Waals surface area contributed by atoms with Gasteiger partial charge < -0.3 is 9.15 Å². The summed E-state index contributed by atoms with van der Waals surface area (Å²) in [4.78, 5) is 2.26. The van der Waals surface area contributed by atoms with Gasteiger partial charge in [-0.15, -0.1) is 0 Å². The summed E-state index contributed by atoms with van der Waals surface area (Å²) in [5.74, 6) is 3.30. The molecule has 1 aliphatic carbocycles. The number of aryl methyl sites for hydroxylation is 1. The van der Waals surface area contributed by atoms with Gasteiger partial charge in [-0.3, -0.25) is 4.90 Å². The van der Waals surface area contributed by atoms with Crippen molar-refractivity contribution in [3.8, 4) is 5.75 Å². The maximum absolute atomic E-state index is 6.10. The molecule has 124 valence electrons. The van der Waals surface area contributed by atoms with Crippen LogP contribution in [0.5, 0.6) is 5.75 Å². The summed E-state index contributed by atoms with van der Waals surface area (Å²) < 4.78 is 11.7. The Labute approximate surface area is 143 Å². The summed E-state index contributed by atoms with van der Waals surface area (Å²) in [6.45, 7) is 6.54. The molecule has 1 aliphatic heterocycles. The molecule has 3 heteroatoms. The highest BCUT2D eigenvalue weighted by molar-refractivity contribution is 5.76. The summed E-state index contributed by atoms with van der Waals surface area (Å²) in [5, 5.41) is 0. The van der Waals surface area contributed by atoms with Gasteiger partial charge in [-0.05, 0) is 50.0 Å². The van der Waals surface area contributed by atoms with Crippen molar-refractivity contribution in [1.82, 2.24) is 0 Å². The number of hydrogen-bond donors (Lipinski definition) is 0. The highest BCUT2D eigenvalue weighted by Crippen LogP contribution is 2.47. The smallest absolute Gasteiger partial charge is 0.208 e. The molecule has 24 heavy (non-hydrogen) atoms. The number of benzene rings is 1. The van der Waals surface area contributed by atoms with E-state index in [4.69, 9.17) is 9.15 Å². The number of para-hydroxylation sites is 2. The minimum atomic E-state index is 0.540. The van der Waals surface area contributed by atoms with E-state index in [1.165, 1.54) is 22.4 Å². The second-order valence-electron chi connectivity index (χ2n) is 6.84. The van der Waals surface area contributed by atoms with Crippen LogP contribution < -0.4 is 9.64 Å². The maximum Gasteiger partial charge on any atom is 0.208 e. The number of furan rings is 1. The molecule has 1 unspecified atom stereocenters. The maximum atomic E-state index is 6.10. The summed E-state index contributed by atoms with van der Waals surface area (Å²) >= 11 is 0. The standard InChI is InChI=1S/C21H23NO2/c1-13-9-16-12-17-11-15(3)24-21(17)22(19(16)10-14(13)2)18-7-5-6-8-20(18)23-4/h5-9,11,14H,10,12H2,1-4H3. The van der Waals surface area contributed by atoms with Crippen molar-refractivity contribution in [2.45, 2.75) is 33.6 Å². The number of rotatable bonds is 2. The molecule has 1 aromatic carbocycles. The fraction of sp³-hybridized carbons (Fsp3) is 0.333. The Hall–Kier alpha value is -2.42. The molecule has 0 spiro atoms. The zero-order valence-electron chi connectivity index (χ0n) is 14.7. The van der Waals surface area contributed by atoms with E-state index in [1.54, 1.807) is 7.11 Å². The molecule has 1 atom stereocenters. The number of nitrogens with zero attached hydrogens (tertiary/aromatic N) is 1. The number of ether oxygens (including phenoxy) is 1. The van der Waals surface area contributed by atoms with Crippen LogP contribution in [0.25, 0.3) is 0 Å². The third kappa shape index (κ3) is 2.27. The van der Waals surface area contributed by atoms with Crippen LogP contribution >= 0.6 is 0 Å². The Kier molecular flexibility index (Phi) is 3.52. The van der Waals surface area contributed by atoms with Crippen LogP contribution in [-0.2, 0) is 6.42 Å². The monoisotopic (exact) mass is 321 g/mol. The van der Waals surface area contributed by atoms with Crippen molar-refractivity contribution in [1.29, 1.82) is 0 Å². The lowest BCUT2D eigenvalue weighted by Crippen LogP contribution is -2.27. The van der Waals surface area contributed by atoms with E-state index in [1.807, 2.05) is 19.1 Å². The molecule has 2 aromatic rings. The minimum Gasteiger partial charge on any atom is -0.495 e. The topological polar surface area (TPSA) is 25.6 Å². The fourth-order valence-electron chi connectivity index (χ4n) is 3.74. The molecule has 0 N–H and O–H groups in total. The Balaban J connectivity index is 1.94. The molecule has 0 saturated carbocycles. The average Bonchev–Trinajstić information content (AvgIpc) is 2.94. The van der Waals surface area contributed by atoms with Gasteiger partial charge >= 0.3 is 0 Å². The van der Waals surface area contributed by atoms with Crippen molar-refractivity contribution in [2.75, 3.05) is 12.0 Å². The molecule has 0 saturated heterocycles. The quantitative estimate of drug-likeness (QED) is 0.727. The van der Waals surface area contributed by atoms with E-state index >= 15 is 0 Å². The molecule has 0 bridgehead atoms. The van der Waals surface area contributed by atoms with Crippen LogP contribution in [0, 0.1) is 12.8 Å². The summed E-state index contributed by atoms with van der Waals surface area (Å²) in [6, 6.07) is 10.3. The zero-order valence-corrected chi connectivity index (χ0v) is 14.7. The average molecular weight is 321 g/mol. The lowest BCUT2D eigenvalue weighted by atomic mass is 9.84. The first kappa shape index (κ1) is 15.1. The number of anilines is 2. The lowest BCUT2D eigenvalue weighted by molar-refractivity contribution is 0.414. The molecule has 4 rings (SSSR count). The molecule has 2 aliphatic rings. The van der Waals surface area contributed by atoms with Crippen molar-refractivity contribution >= 4 is 11.6 Å². The van der Waals surface area contributed by atoms with Crippen LogP contribution in [0.2, 0.25) is 0 Å². The van der Waals surface area contributed by atoms with E-state index < -0.39 is 0 Å². The van der Waals surface area contributed by atoms with Crippen LogP contribution in [0.1, 0.15) is 31.6 Å². The van der Waals surface area contributed by atoms with Gasteiger partial charge in [-0.2, -0.15) is 0 Å². The Morgan fingerprint density at radius 1 is 1.21 bits per heavy atom. The summed E-state index contributed by atoms with van der Waals surface area (Å²) in [7, 11) is 1.72. The lowest BCUT2D eigenvalue weighted by Gasteiger charge is -2.36. The van der Waals surface area contributed by atoms with Gasteiger partial charge in [0.15, 0.2) is 0 Å². The van der Waals surface area contributed by atoms with Gasteiger partial charge in [0.05, 0.1) is 12.8 Å². The normalized spacial score (nSPS) is 19.8. The first-order valence-electron chi connectivity index (χ1n) is 8.51. The Morgan fingerprint density at radius 3 is 2.79 bits per heavy atom. The van der Waals surface area contributed by atoms with Gasteiger partial charge in [-0.25, -0.2) is 0 Å². The molecule has 2 heterocycles. The number of allylic oxidation sites excluding steroid dienone is 4. The van der Waals surface area contributed by atoms with Crippen molar-refractivity contribution in [2.24, 2.45) is 5.92 Å². The fourth-order valence-corrected chi connectivity index (χ4v) is 3.74. The zero-order chi connectivity index (χ0) is 16.8. The predicted molar refractivity (Wildman–Crippen MR) is 96.8 cm³/mol. The van der Waals surface area contributed by atoms with E-state index in [9.17, 15) is 0 Å². The first-order valence-corrected chi connectivity index (χ1v) is 8.51. The molecular weight excluding hydrogens is 298 g/mol. The van der Waals surface area contributed by atoms with Crippen LogP contribution in [0.15, 0.2) is 57.7 Å². The molecular formula is C21H23NO2. The summed E-state index contributed by atoms with van der Waals surface area (Å²) in [5.41, 5.74) is 6.47. The predicted octanol–water partition coefficient (Wildman–Crippen LogP) is 5.53. The van der Waals surface area contributed by atoms with Crippen LogP contribution in [-0.4, -0.2) is 7.11 Å². The van der Waals surface area contributed by atoms with E-state index in [-0.39, 0.29) is 0 Å². The third-order valence-corrected chi connectivity index (χ3v) is 5.14. The van der Waals surface area contributed by atoms with Crippen molar-refractivity contribution in [3.63, 3.8) is 0 Å². The van der Waals surface area contributed by atoms with Crippen molar-refractivity contribution < 1.29 is 9.15 Å². The van der Waals surface area contributed by atoms with Crippen LogP contribution in [0.4, 0.5) is 11.6 Å². The first-order chi connectivity index (χ1) is 11.6. The summed E-state index contributed by atoms with van der Waals surface area (Å²) in [6.07, 6.45) is 4.32. The van der Waals surface area contributed by atoms with E-state index in [2.05, 4.69) is 43.0 Å². The van der Waals surface area contributed by atoms with Gasteiger partial charge in [0.1, 0.15) is 11.5 Å². The highest BCUT2D eigenvalue weighted by atomic mass is 16.5. The van der Waals surface area contributed by atoms with E-state index in [0.29, 0.717) is 5.92 Å². The van der Waals surface area contributed by atoms with Gasteiger partial charge in [0.25, 0.3) is 0 Å². The van der Waals surface area contributed by atoms with Gasteiger partial charge in [0.2, 0.25) is 5.88 Å². The Bertz CT molecular complexity index is 856. The van der Waals surface area contributed by atoms with Crippen LogP contribution in [0.3, 0.4) is 0 Å². The molecule has 0 amide bonds. The second kappa shape index (κ2) is 5.59. The number of hydrogen-bond acceptors (Lipinski definition) is 3. The SMILES string of the molecule is COc1ccccc1N1C2=C(C=C(C)C(C)C2)Cc2cc(C)oc21. The Morgan fingerprint density at radius 2 is 2.00 bits per heavy atom. The minimum absolute atomic E-state index is 0.540. The molecule has 0 radical (unpaired) electrons. The number of fused-ring (bicyclic) bond motifs is 1.